The van der Waals surface area contributed by atoms with Crippen molar-refractivity contribution in [1.29, 1.82) is 0 Å². The molecule has 0 bridgehead atoms. The fourth-order valence-corrected chi connectivity index (χ4v) is 2.16. The van der Waals surface area contributed by atoms with Crippen molar-refractivity contribution in [3.8, 4) is 0 Å². The Morgan fingerprint density at radius 2 is 2.24 bits per heavy atom. The molecule has 0 atom stereocenters. The highest BCUT2D eigenvalue weighted by Gasteiger charge is 2.32. The normalized spacial score (nSPS) is 14.1. The summed E-state index contributed by atoms with van der Waals surface area (Å²) in [7, 11) is 1.66. The second-order valence-corrected chi connectivity index (χ2v) is 5.59. The number of nitro groups is 1. The van der Waals surface area contributed by atoms with Crippen LogP contribution in [-0.4, -0.2) is 40.3 Å². The van der Waals surface area contributed by atoms with E-state index in [1.54, 1.807) is 11.9 Å². The Kier molecular flexibility index (Phi) is 4.40. The van der Waals surface area contributed by atoms with Crippen molar-refractivity contribution in [1.82, 2.24) is 9.88 Å². The summed E-state index contributed by atoms with van der Waals surface area (Å²) in [6.07, 6.45) is 3.38. The monoisotopic (exact) mass is 292 g/mol. The van der Waals surface area contributed by atoms with Gasteiger partial charge in [0.2, 0.25) is 0 Å². The second-order valence-electron chi connectivity index (χ2n) is 5.59. The Morgan fingerprint density at radius 3 is 2.71 bits per heavy atom. The maximum absolute atomic E-state index is 12.7. The van der Waals surface area contributed by atoms with Crippen LogP contribution in [-0.2, 0) is 0 Å². The largest absolute Gasteiger partial charge is 0.373 e. The Bertz CT molecular complexity index is 555. The second kappa shape index (κ2) is 6.07. The van der Waals surface area contributed by atoms with E-state index in [1.807, 2.05) is 13.8 Å². The number of nitrogens with one attached hydrogen (secondary N) is 1. The van der Waals surface area contributed by atoms with E-state index in [0.717, 1.165) is 19.0 Å². The third-order valence-electron chi connectivity index (χ3n) is 3.60. The first-order valence-electron chi connectivity index (χ1n) is 7.07. The van der Waals surface area contributed by atoms with Gasteiger partial charge >= 0.3 is 0 Å². The Morgan fingerprint density at radius 1 is 1.57 bits per heavy atom. The van der Waals surface area contributed by atoms with Crippen molar-refractivity contribution < 1.29 is 9.72 Å². The zero-order valence-corrected chi connectivity index (χ0v) is 12.5. The van der Waals surface area contributed by atoms with Crippen molar-refractivity contribution in [3.05, 3.63) is 27.9 Å². The molecule has 0 spiro atoms. The molecule has 1 heterocycles. The van der Waals surface area contributed by atoms with Gasteiger partial charge in [0, 0.05) is 25.7 Å². The third kappa shape index (κ3) is 3.48. The lowest BCUT2D eigenvalue weighted by Crippen LogP contribution is -2.38. The van der Waals surface area contributed by atoms with Crippen LogP contribution in [0.15, 0.2) is 12.3 Å². The Balaban J connectivity index is 2.36. The van der Waals surface area contributed by atoms with Crippen LogP contribution in [0.25, 0.3) is 0 Å². The van der Waals surface area contributed by atoms with Gasteiger partial charge in [-0.2, -0.15) is 0 Å². The van der Waals surface area contributed by atoms with Gasteiger partial charge in [-0.25, -0.2) is 4.98 Å². The number of carbonyl (C=O) groups excluding carboxylic acids is 1. The van der Waals surface area contributed by atoms with Crippen molar-refractivity contribution in [2.75, 3.05) is 18.9 Å². The molecule has 1 fully saturated rings. The number of anilines is 1. The third-order valence-corrected chi connectivity index (χ3v) is 3.60. The number of hydrogen-bond acceptors (Lipinski definition) is 5. The number of hydrogen-bond donors (Lipinski definition) is 1. The summed E-state index contributed by atoms with van der Waals surface area (Å²) in [5.74, 6) is 0.669. The minimum Gasteiger partial charge on any atom is -0.373 e. The van der Waals surface area contributed by atoms with Crippen LogP contribution in [0.3, 0.4) is 0 Å². The molecule has 0 radical (unpaired) electrons. The van der Waals surface area contributed by atoms with Crippen molar-refractivity contribution in [2.45, 2.75) is 32.7 Å². The molecule has 1 saturated carbocycles. The van der Waals surface area contributed by atoms with Gasteiger partial charge in [-0.05, 0) is 32.6 Å². The predicted molar refractivity (Wildman–Crippen MR) is 79.3 cm³/mol. The highest BCUT2D eigenvalue weighted by molar-refractivity contribution is 5.98. The number of rotatable bonds is 6. The molecule has 2 rings (SSSR count). The number of carbonyl (C=O) groups is 1. The molecule has 1 aromatic heterocycles. The Labute approximate surface area is 123 Å². The molecule has 0 unspecified atom stereocenters. The predicted octanol–water partition coefficient (Wildman–Crippen LogP) is 2.29. The van der Waals surface area contributed by atoms with Gasteiger partial charge in [-0.15, -0.1) is 0 Å². The zero-order valence-electron chi connectivity index (χ0n) is 12.5. The van der Waals surface area contributed by atoms with Crippen LogP contribution >= 0.6 is 0 Å². The van der Waals surface area contributed by atoms with Crippen molar-refractivity contribution in [2.24, 2.45) is 5.92 Å². The maximum Gasteiger partial charge on any atom is 0.300 e. The summed E-state index contributed by atoms with van der Waals surface area (Å²) in [6.45, 7) is 4.50. The molecule has 1 aliphatic rings. The van der Waals surface area contributed by atoms with Gasteiger partial charge in [0.25, 0.3) is 11.6 Å². The van der Waals surface area contributed by atoms with Gasteiger partial charge in [-0.1, -0.05) is 0 Å². The quantitative estimate of drug-likeness (QED) is 0.642. The van der Waals surface area contributed by atoms with E-state index in [4.69, 9.17) is 0 Å². The lowest BCUT2D eigenvalue weighted by Gasteiger charge is -2.26. The van der Waals surface area contributed by atoms with Crippen LogP contribution in [0, 0.1) is 16.0 Å². The lowest BCUT2D eigenvalue weighted by atomic mass is 10.1. The van der Waals surface area contributed by atoms with Gasteiger partial charge < -0.3 is 10.2 Å². The first-order chi connectivity index (χ1) is 9.93. The highest BCUT2D eigenvalue weighted by atomic mass is 16.6. The molecule has 1 amide bonds. The molecule has 114 valence electrons. The molecule has 1 aliphatic carbocycles. The molecule has 1 aromatic rings. The summed E-state index contributed by atoms with van der Waals surface area (Å²) in [5, 5.41) is 13.9. The molecule has 7 heteroatoms. The van der Waals surface area contributed by atoms with Gasteiger partial charge in [0.1, 0.15) is 17.6 Å². The standard InChI is InChI=1S/C14H20N4O3/c1-9(2)17(8-10-4-5-10)14(19)11-6-13(15-3)16-7-12(11)18(20)21/h6-7,9-10H,4-5,8H2,1-3H3,(H,15,16). The van der Waals surface area contributed by atoms with E-state index in [9.17, 15) is 14.9 Å². The summed E-state index contributed by atoms with van der Waals surface area (Å²) < 4.78 is 0. The maximum atomic E-state index is 12.7. The summed E-state index contributed by atoms with van der Waals surface area (Å²) >= 11 is 0. The molecular weight excluding hydrogens is 272 g/mol. The van der Waals surface area contributed by atoms with E-state index in [1.165, 1.54) is 6.07 Å². The van der Waals surface area contributed by atoms with E-state index in [-0.39, 0.29) is 23.2 Å². The van der Waals surface area contributed by atoms with Crippen LogP contribution in [0.2, 0.25) is 0 Å². The first-order valence-corrected chi connectivity index (χ1v) is 7.07. The Hall–Kier alpha value is -2.18. The molecule has 0 aliphatic heterocycles. The highest BCUT2D eigenvalue weighted by Crippen LogP contribution is 2.31. The molecular formula is C14H20N4O3. The lowest BCUT2D eigenvalue weighted by molar-refractivity contribution is -0.385. The summed E-state index contributed by atoms with van der Waals surface area (Å²) in [4.78, 5) is 28.9. The topological polar surface area (TPSA) is 88.4 Å². The first kappa shape index (κ1) is 15.2. The van der Waals surface area contributed by atoms with Crippen molar-refractivity contribution >= 4 is 17.4 Å². The molecule has 0 saturated heterocycles. The van der Waals surface area contributed by atoms with Gasteiger partial charge in [0.15, 0.2) is 0 Å². The number of pyridine rings is 1. The minimum absolute atomic E-state index is 0.00362. The molecule has 21 heavy (non-hydrogen) atoms. The summed E-state index contributed by atoms with van der Waals surface area (Å²) in [5.41, 5.74) is -0.158. The van der Waals surface area contributed by atoms with E-state index >= 15 is 0 Å². The van der Waals surface area contributed by atoms with E-state index in [0.29, 0.717) is 18.3 Å². The van der Waals surface area contributed by atoms with E-state index in [2.05, 4.69) is 10.3 Å². The van der Waals surface area contributed by atoms with Crippen LogP contribution in [0.4, 0.5) is 11.5 Å². The van der Waals surface area contributed by atoms with Crippen molar-refractivity contribution in [3.63, 3.8) is 0 Å². The molecule has 7 nitrogen and oxygen atoms in total. The van der Waals surface area contributed by atoms with E-state index < -0.39 is 4.92 Å². The number of aromatic nitrogens is 1. The summed E-state index contributed by atoms with van der Waals surface area (Å²) in [6, 6.07) is 1.45. The average Bonchev–Trinajstić information content (AvgIpc) is 3.27. The fourth-order valence-electron chi connectivity index (χ4n) is 2.16. The van der Waals surface area contributed by atoms with Crippen LogP contribution in [0.5, 0.6) is 0 Å². The van der Waals surface area contributed by atoms with Gasteiger partial charge in [-0.3, -0.25) is 14.9 Å². The molecule has 1 N–H and O–H groups in total. The zero-order chi connectivity index (χ0) is 15.6. The SMILES string of the molecule is CNc1cc(C(=O)N(CC2CC2)C(C)C)c([N+](=O)[O-])cn1. The fraction of sp³-hybridized carbons (Fsp3) is 0.571. The number of nitrogens with zero attached hydrogens (tertiary/aromatic N) is 3. The smallest absolute Gasteiger partial charge is 0.300 e. The molecule has 0 aromatic carbocycles. The average molecular weight is 292 g/mol. The van der Waals surface area contributed by atoms with Crippen LogP contribution in [0.1, 0.15) is 37.0 Å². The minimum atomic E-state index is -0.560. The number of amides is 1. The van der Waals surface area contributed by atoms with Crippen LogP contribution < -0.4 is 5.32 Å². The van der Waals surface area contributed by atoms with Gasteiger partial charge in [0.05, 0.1) is 4.92 Å².